The molecule has 1 aromatic heterocycles. The molecule has 11 heavy (non-hydrogen) atoms. The van der Waals surface area contributed by atoms with Crippen LogP contribution in [0.15, 0.2) is 10.7 Å². The number of carbonyl (C=O) groups is 1. The normalized spacial score (nSPS) is 15.2. The number of rotatable bonds is 1. The van der Waals surface area contributed by atoms with E-state index in [1.807, 2.05) is 0 Å². The molecule has 1 aliphatic rings. The van der Waals surface area contributed by atoms with Crippen molar-refractivity contribution in [2.45, 2.75) is 0 Å². The van der Waals surface area contributed by atoms with E-state index in [2.05, 4.69) is 26.1 Å². The Morgan fingerprint density at radius 1 is 1.73 bits per heavy atom. The van der Waals surface area contributed by atoms with E-state index in [0.29, 0.717) is 5.69 Å². The minimum atomic E-state index is 0.0226. The highest BCUT2D eigenvalue weighted by Crippen LogP contribution is 2.17. The third kappa shape index (κ3) is 1.16. The van der Waals surface area contributed by atoms with Crippen LogP contribution in [0.25, 0.3) is 0 Å². The van der Waals surface area contributed by atoms with Crippen LogP contribution in [0.1, 0.15) is 10.5 Å². The van der Waals surface area contributed by atoms with Crippen LogP contribution in [0, 0.1) is 0 Å². The molecule has 58 valence electrons. The highest BCUT2D eigenvalue weighted by molar-refractivity contribution is 9.10. The van der Waals surface area contributed by atoms with Gasteiger partial charge in [0.25, 0.3) is 5.91 Å². The van der Waals surface area contributed by atoms with E-state index in [1.165, 1.54) is 0 Å². The van der Waals surface area contributed by atoms with Crippen molar-refractivity contribution in [1.82, 2.24) is 15.1 Å². The van der Waals surface area contributed by atoms with Gasteiger partial charge in [0.1, 0.15) is 5.69 Å². The smallest absolute Gasteiger partial charge is 0.273 e. The molecule has 2 rings (SSSR count). The Hall–Kier alpha value is -0.840. The van der Waals surface area contributed by atoms with Gasteiger partial charge in [0.05, 0.1) is 10.7 Å². The predicted octanol–water partition coefficient (Wildman–Crippen LogP) is 0.628. The molecule has 2 heterocycles. The SMILES string of the molecule is O=C(c1[nH]ncc1Br)N1CC1. The zero-order valence-corrected chi connectivity index (χ0v) is 7.26. The lowest BCUT2D eigenvalue weighted by molar-refractivity contribution is 0.0879. The third-order valence-corrected chi connectivity index (χ3v) is 2.14. The fourth-order valence-corrected chi connectivity index (χ4v) is 1.19. The van der Waals surface area contributed by atoms with Crippen LogP contribution < -0.4 is 0 Å². The van der Waals surface area contributed by atoms with Crippen molar-refractivity contribution < 1.29 is 4.79 Å². The van der Waals surface area contributed by atoms with Gasteiger partial charge in [0.2, 0.25) is 0 Å². The molecule has 4 nitrogen and oxygen atoms in total. The second-order valence-corrected chi connectivity index (χ2v) is 3.24. The molecule has 5 heteroatoms. The van der Waals surface area contributed by atoms with Crippen LogP contribution in [-0.4, -0.2) is 34.1 Å². The van der Waals surface area contributed by atoms with Crippen LogP contribution in [-0.2, 0) is 0 Å². The molecule has 1 N–H and O–H groups in total. The molecule has 0 aromatic carbocycles. The van der Waals surface area contributed by atoms with E-state index >= 15 is 0 Å². The number of nitrogens with zero attached hydrogens (tertiary/aromatic N) is 2. The molecule has 1 fully saturated rings. The monoisotopic (exact) mass is 215 g/mol. The number of carbonyl (C=O) groups excluding carboxylic acids is 1. The van der Waals surface area contributed by atoms with Crippen molar-refractivity contribution >= 4 is 21.8 Å². The average molecular weight is 216 g/mol. The van der Waals surface area contributed by atoms with Crippen molar-refractivity contribution in [2.24, 2.45) is 0 Å². The minimum absolute atomic E-state index is 0.0226. The number of halogens is 1. The van der Waals surface area contributed by atoms with Gasteiger partial charge in [-0.25, -0.2) is 0 Å². The Bertz CT molecular complexity index is 292. The molecule has 1 saturated heterocycles. The Labute approximate surface area is 71.7 Å². The first kappa shape index (κ1) is 6.84. The first-order valence-electron chi connectivity index (χ1n) is 3.27. The zero-order valence-electron chi connectivity index (χ0n) is 5.67. The molecule has 1 amide bonds. The maximum absolute atomic E-state index is 11.3. The van der Waals surface area contributed by atoms with E-state index < -0.39 is 0 Å². The Morgan fingerprint density at radius 2 is 2.45 bits per heavy atom. The van der Waals surface area contributed by atoms with Crippen LogP contribution in [0.5, 0.6) is 0 Å². The van der Waals surface area contributed by atoms with Gasteiger partial charge < -0.3 is 4.90 Å². The van der Waals surface area contributed by atoms with Crippen LogP contribution in [0.2, 0.25) is 0 Å². The molecule has 0 unspecified atom stereocenters. The van der Waals surface area contributed by atoms with E-state index in [1.54, 1.807) is 11.1 Å². The molecule has 1 aliphatic heterocycles. The summed E-state index contributed by atoms with van der Waals surface area (Å²) in [4.78, 5) is 13.0. The lowest BCUT2D eigenvalue weighted by atomic mass is 10.4. The topological polar surface area (TPSA) is 48.8 Å². The van der Waals surface area contributed by atoms with Gasteiger partial charge in [0, 0.05) is 13.1 Å². The molecule has 1 aromatic rings. The number of H-pyrrole nitrogens is 1. The van der Waals surface area contributed by atoms with Gasteiger partial charge in [0.15, 0.2) is 0 Å². The van der Waals surface area contributed by atoms with Gasteiger partial charge in [-0.05, 0) is 15.9 Å². The molecule has 0 saturated carbocycles. The largest absolute Gasteiger partial charge is 0.334 e. The summed E-state index contributed by atoms with van der Waals surface area (Å²) >= 11 is 3.22. The first-order valence-corrected chi connectivity index (χ1v) is 4.06. The number of amides is 1. The molecule has 0 bridgehead atoms. The van der Waals surface area contributed by atoms with Gasteiger partial charge in [-0.3, -0.25) is 9.89 Å². The third-order valence-electron chi connectivity index (χ3n) is 1.54. The Balaban J connectivity index is 2.27. The lowest BCUT2D eigenvalue weighted by Crippen LogP contribution is -2.11. The van der Waals surface area contributed by atoms with E-state index in [-0.39, 0.29) is 5.91 Å². The second kappa shape index (κ2) is 2.34. The standard InChI is InChI=1S/C6H6BrN3O/c7-4-3-8-9-5(4)6(11)10-1-2-10/h3H,1-2H2,(H,8,9). The lowest BCUT2D eigenvalue weighted by Gasteiger charge is -1.96. The maximum atomic E-state index is 11.3. The van der Waals surface area contributed by atoms with Crippen LogP contribution in [0.4, 0.5) is 0 Å². The Kier molecular flexibility index (Phi) is 1.45. The van der Waals surface area contributed by atoms with Crippen molar-refractivity contribution in [2.75, 3.05) is 13.1 Å². The summed E-state index contributed by atoms with van der Waals surface area (Å²) in [5.74, 6) is 0.0226. The summed E-state index contributed by atoms with van der Waals surface area (Å²) in [6.45, 7) is 1.73. The van der Waals surface area contributed by atoms with Crippen molar-refractivity contribution in [3.63, 3.8) is 0 Å². The van der Waals surface area contributed by atoms with Crippen molar-refractivity contribution in [3.05, 3.63) is 16.4 Å². The van der Waals surface area contributed by atoms with E-state index in [0.717, 1.165) is 17.6 Å². The zero-order chi connectivity index (χ0) is 7.84. The summed E-state index contributed by atoms with van der Waals surface area (Å²) in [5, 5.41) is 6.37. The second-order valence-electron chi connectivity index (χ2n) is 2.39. The molecule has 0 aliphatic carbocycles. The van der Waals surface area contributed by atoms with Gasteiger partial charge >= 0.3 is 0 Å². The van der Waals surface area contributed by atoms with E-state index in [4.69, 9.17) is 0 Å². The molecular formula is C6H6BrN3O. The first-order chi connectivity index (χ1) is 5.29. The average Bonchev–Trinajstić information content (AvgIpc) is 2.74. The summed E-state index contributed by atoms with van der Waals surface area (Å²) in [6.07, 6.45) is 1.58. The number of nitrogens with one attached hydrogen (secondary N) is 1. The fourth-order valence-electron chi connectivity index (χ4n) is 0.833. The van der Waals surface area contributed by atoms with Crippen molar-refractivity contribution in [3.8, 4) is 0 Å². The fraction of sp³-hybridized carbons (Fsp3) is 0.333. The van der Waals surface area contributed by atoms with Gasteiger partial charge in [-0.1, -0.05) is 0 Å². The van der Waals surface area contributed by atoms with Crippen molar-refractivity contribution in [1.29, 1.82) is 0 Å². The predicted molar refractivity (Wildman–Crippen MR) is 42.2 cm³/mol. The quantitative estimate of drug-likeness (QED) is 0.700. The van der Waals surface area contributed by atoms with Crippen LogP contribution in [0.3, 0.4) is 0 Å². The molecular weight excluding hydrogens is 210 g/mol. The maximum Gasteiger partial charge on any atom is 0.273 e. The summed E-state index contributed by atoms with van der Waals surface area (Å²) < 4.78 is 0.731. The summed E-state index contributed by atoms with van der Waals surface area (Å²) in [7, 11) is 0. The number of hydrogen-bond donors (Lipinski definition) is 1. The number of hydrogen-bond acceptors (Lipinski definition) is 2. The molecule has 0 radical (unpaired) electrons. The summed E-state index contributed by atoms with van der Waals surface area (Å²) in [5.41, 5.74) is 0.544. The number of aromatic amines is 1. The highest BCUT2D eigenvalue weighted by Gasteiger charge is 2.27. The van der Waals surface area contributed by atoms with Gasteiger partial charge in [-0.15, -0.1) is 0 Å². The van der Waals surface area contributed by atoms with E-state index in [9.17, 15) is 4.79 Å². The highest BCUT2D eigenvalue weighted by atomic mass is 79.9. The summed E-state index contributed by atoms with van der Waals surface area (Å²) in [6, 6.07) is 0. The molecule has 0 atom stereocenters. The Morgan fingerprint density at radius 3 is 2.91 bits per heavy atom. The van der Waals surface area contributed by atoms with Gasteiger partial charge in [-0.2, -0.15) is 5.10 Å². The number of aromatic nitrogens is 2. The molecule has 0 spiro atoms. The van der Waals surface area contributed by atoms with Crippen LogP contribution >= 0.6 is 15.9 Å². The minimum Gasteiger partial charge on any atom is -0.334 e.